The summed E-state index contributed by atoms with van der Waals surface area (Å²) >= 11 is 11.8. The first-order valence-electron chi connectivity index (χ1n) is 6.82. The number of ether oxygens (including phenoxy) is 1. The van der Waals surface area contributed by atoms with Gasteiger partial charge in [-0.05, 0) is 24.6 Å². The van der Waals surface area contributed by atoms with Crippen LogP contribution < -0.4 is 10.1 Å². The van der Waals surface area contributed by atoms with Gasteiger partial charge >= 0.3 is 0 Å². The van der Waals surface area contributed by atoms with Crippen LogP contribution in [0.15, 0.2) is 30.9 Å². The predicted molar refractivity (Wildman–Crippen MR) is 84.2 cm³/mol. The van der Waals surface area contributed by atoms with Crippen LogP contribution in [-0.2, 0) is 11.3 Å². The van der Waals surface area contributed by atoms with Gasteiger partial charge < -0.3 is 10.1 Å². The summed E-state index contributed by atoms with van der Waals surface area (Å²) in [5.41, 5.74) is 0. The summed E-state index contributed by atoms with van der Waals surface area (Å²) < 4.78 is 7.14. The van der Waals surface area contributed by atoms with Gasteiger partial charge in [-0.3, -0.25) is 9.48 Å². The number of nitrogens with zero attached hydrogens (tertiary/aromatic N) is 3. The van der Waals surface area contributed by atoms with E-state index in [-0.39, 0.29) is 5.91 Å². The highest BCUT2D eigenvalue weighted by molar-refractivity contribution is 6.35. The zero-order valence-corrected chi connectivity index (χ0v) is 13.3. The summed E-state index contributed by atoms with van der Waals surface area (Å²) in [4.78, 5) is 15.4. The average Bonchev–Trinajstić information content (AvgIpc) is 3.00. The van der Waals surface area contributed by atoms with E-state index in [0.29, 0.717) is 48.3 Å². The maximum atomic E-state index is 11.6. The van der Waals surface area contributed by atoms with Crippen molar-refractivity contribution in [3.63, 3.8) is 0 Å². The topological polar surface area (TPSA) is 69.0 Å². The molecule has 0 saturated carbocycles. The normalized spacial score (nSPS) is 10.5. The second kappa shape index (κ2) is 8.60. The minimum Gasteiger partial charge on any atom is -0.492 e. The number of halogens is 2. The van der Waals surface area contributed by atoms with E-state index in [4.69, 9.17) is 27.9 Å². The fourth-order valence-corrected chi connectivity index (χ4v) is 2.19. The minimum absolute atomic E-state index is 0.0278. The van der Waals surface area contributed by atoms with Crippen LogP contribution in [0, 0.1) is 0 Å². The minimum atomic E-state index is -0.0278. The Hall–Kier alpha value is -1.79. The van der Waals surface area contributed by atoms with E-state index >= 15 is 0 Å². The molecule has 0 bridgehead atoms. The lowest BCUT2D eigenvalue weighted by atomic mass is 10.3. The molecule has 0 saturated heterocycles. The van der Waals surface area contributed by atoms with Crippen molar-refractivity contribution in [3.05, 3.63) is 40.9 Å². The summed E-state index contributed by atoms with van der Waals surface area (Å²) in [6.07, 6.45) is 4.08. The zero-order valence-electron chi connectivity index (χ0n) is 11.8. The van der Waals surface area contributed by atoms with E-state index in [0.717, 1.165) is 0 Å². The Morgan fingerprint density at radius 1 is 1.36 bits per heavy atom. The quantitative estimate of drug-likeness (QED) is 0.748. The molecule has 0 aliphatic heterocycles. The van der Waals surface area contributed by atoms with Crippen LogP contribution in [0.25, 0.3) is 0 Å². The molecule has 0 aliphatic rings. The third-order valence-electron chi connectivity index (χ3n) is 2.83. The monoisotopic (exact) mass is 342 g/mol. The standard InChI is InChI=1S/C14H16Cl2N4O2/c15-11-2-3-13(12(16)8-11)22-7-1-5-18-14(21)4-6-20-10-17-9-19-20/h2-3,8-10H,1,4-7H2,(H,18,21). The molecule has 0 fully saturated rings. The number of carbonyl (C=O) groups is 1. The zero-order chi connectivity index (χ0) is 15.8. The molecule has 22 heavy (non-hydrogen) atoms. The van der Waals surface area contributed by atoms with Crippen LogP contribution in [-0.4, -0.2) is 33.8 Å². The smallest absolute Gasteiger partial charge is 0.221 e. The van der Waals surface area contributed by atoms with Crippen molar-refractivity contribution in [2.45, 2.75) is 19.4 Å². The number of aromatic nitrogens is 3. The summed E-state index contributed by atoms with van der Waals surface area (Å²) in [6, 6.07) is 5.07. The van der Waals surface area contributed by atoms with E-state index in [1.807, 2.05) is 0 Å². The number of rotatable bonds is 8. The molecule has 0 aliphatic carbocycles. The van der Waals surface area contributed by atoms with E-state index < -0.39 is 0 Å². The molecule has 8 heteroatoms. The molecular formula is C14H16Cl2N4O2. The number of carbonyl (C=O) groups excluding carboxylic acids is 1. The number of benzene rings is 1. The SMILES string of the molecule is O=C(CCn1cncn1)NCCCOc1ccc(Cl)cc1Cl. The van der Waals surface area contributed by atoms with E-state index in [1.165, 1.54) is 6.33 Å². The van der Waals surface area contributed by atoms with Crippen molar-refractivity contribution < 1.29 is 9.53 Å². The van der Waals surface area contributed by atoms with Crippen LogP contribution in [0.4, 0.5) is 0 Å². The molecule has 2 aromatic rings. The summed E-state index contributed by atoms with van der Waals surface area (Å²) in [7, 11) is 0. The van der Waals surface area contributed by atoms with Crippen LogP contribution in [0.3, 0.4) is 0 Å². The van der Waals surface area contributed by atoms with Crippen molar-refractivity contribution in [2.75, 3.05) is 13.2 Å². The number of nitrogens with one attached hydrogen (secondary N) is 1. The van der Waals surface area contributed by atoms with Crippen LogP contribution in [0.2, 0.25) is 10.0 Å². The number of amides is 1. The molecule has 0 radical (unpaired) electrons. The van der Waals surface area contributed by atoms with Crippen LogP contribution in [0.1, 0.15) is 12.8 Å². The molecule has 6 nitrogen and oxygen atoms in total. The third-order valence-corrected chi connectivity index (χ3v) is 3.36. The van der Waals surface area contributed by atoms with Crippen LogP contribution >= 0.6 is 23.2 Å². The maximum Gasteiger partial charge on any atom is 0.221 e. The fourth-order valence-electron chi connectivity index (χ4n) is 1.73. The van der Waals surface area contributed by atoms with E-state index in [1.54, 1.807) is 29.2 Å². The van der Waals surface area contributed by atoms with Crippen molar-refractivity contribution >= 4 is 29.1 Å². The first-order valence-corrected chi connectivity index (χ1v) is 7.57. The highest BCUT2D eigenvalue weighted by Crippen LogP contribution is 2.27. The van der Waals surface area contributed by atoms with E-state index in [2.05, 4.69) is 15.4 Å². The lowest BCUT2D eigenvalue weighted by Gasteiger charge is -2.09. The van der Waals surface area contributed by atoms with Gasteiger partial charge in [0.2, 0.25) is 5.91 Å². The molecule has 1 heterocycles. The van der Waals surface area contributed by atoms with Gasteiger partial charge in [0, 0.05) is 18.0 Å². The van der Waals surface area contributed by atoms with Crippen molar-refractivity contribution in [1.82, 2.24) is 20.1 Å². The van der Waals surface area contributed by atoms with Gasteiger partial charge in [-0.1, -0.05) is 23.2 Å². The average molecular weight is 343 g/mol. The lowest BCUT2D eigenvalue weighted by molar-refractivity contribution is -0.121. The highest BCUT2D eigenvalue weighted by atomic mass is 35.5. The molecule has 1 N–H and O–H groups in total. The van der Waals surface area contributed by atoms with Gasteiger partial charge in [0.15, 0.2) is 0 Å². The number of aryl methyl sites for hydroxylation is 1. The van der Waals surface area contributed by atoms with Crippen molar-refractivity contribution in [1.29, 1.82) is 0 Å². The van der Waals surface area contributed by atoms with Gasteiger partial charge in [-0.15, -0.1) is 0 Å². The molecule has 0 spiro atoms. The summed E-state index contributed by atoms with van der Waals surface area (Å²) in [6.45, 7) is 1.52. The second-order valence-electron chi connectivity index (χ2n) is 4.54. The third kappa shape index (κ3) is 5.54. The highest BCUT2D eigenvalue weighted by Gasteiger charge is 2.04. The Kier molecular flexibility index (Phi) is 6.48. The maximum absolute atomic E-state index is 11.6. The lowest BCUT2D eigenvalue weighted by Crippen LogP contribution is -2.26. The molecule has 0 unspecified atom stereocenters. The van der Waals surface area contributed by atoms with Gasteiger partial charge in [-0.25, -0.2) is 4.98 Å². The number of hydrogen-bond donors (Lipinski definition) is 1. The van der Waals surface area contributed by atoms with Gasteiger partial charge in [0.1, 0.15) is 18.4 Å². The van der Waals surface area contributed by atoms with Gasteiger partial charge in [0.05, 0.1) is 18.2 Å². The Morgan fingerprint density at radius 2 is 2.23 bits per heavy atom. The molecule has 1 aromatic carbocycles. The largest absolute Gasteiger partial charge is 0.492 e. The Bertz CT molecular complexity index is 605. The van der Waals surface area contributed by atoms with Gasteiger partial charge in [0.25, 0.3) is 0 Å². The van der Waals surface area contributed by atoms with Crippen LogP contribution in [0.5, 0.6) is 5.75 Å². The summed E-state index contributed by atoms with van der Waals surface area (Å²) in [5, 5.41) is 7.79. The molecule has 1 aromatic heterocycles. The molecule has 118 valence electrons. The predicted octanol–water partition coefficient (Wildman–Crippen LogP) is 2.56. The Balaban J connectivity index is 1.57. The first kappa shape index (κ1) is 16.6. The molecule has 1 amide bonds. The van der Waals surface area contributed by atoms with E-state index in [9.17, 15) is 4.79 Å². The molecular weight excluding hydrogens is 327 g/mol. The molecule has 2 rings (SSSR count). The van der Waals surface area contributed by atoms with Crippen molar-refractivity contribution in [3.8, 4) is 5.75 Å². The molecule has 0 atom stereocenters. The van der Waals surface area contributed by atoms with Crippen molar-refractivity contribution in [2.24, 2.45) is 0 Å². The Labute approximate surface area is 138 Å². The fraction of sp³-hybridized carbons (Fsp3) is 0.357. The first-order chi connectivity index (χ1) is 10.6. The van der Waals surface area contributed by atoms with Gasteiger partial charge in [-0.2, -0.15) is 5.10 Å². The Morgan fingerprint density at radius 3 is 2.95 bits per heavy atom. The second-order valence-corrected chi connectivity index (χ2v) is 5.38. The number of hydrogen-bond acceptors (Lipinski definition) is 4. The summed E-state index contributed by atoms with van der Waals surface area (Å²) in [5.74, 6) is 0.559.